The maximum Gasteiger partial charge on any atom is 0.472 e. The van der Waals surface area contributed by atoms with Gasteiger partial charge in [0.15, 0.2) is 6.10 Å². The van der Waals surface area contributed by atoms with E-state index in [0.29, 0.717) is 12.8 Å². The Labute approximate surface area is 375 Å². The SMILES string of the molecule is CCCCCCCCCCCCCCCC(=O)O[C@H](COC(=O)CCCCCCCCCCS)COP(=O)(O)OC1C(O)[C@@H](OP(=O)(O)O)C(OP(=O)(O)O)[C@@H](OP(=O)(O)O)[C@H]1O. The van der Waals surface area contributed by atoms with Crippen molar-refractivity contribution in [3.05, 3.63) is 0 Å². The second-order valence-corrected chi connectivity index (χ2v) is 21.0. The van der Waals surface area contributed by atoms with E-state index >= 15 is 0 Å². The third kappa shape index (κ3) is 30.6. The molecule has 1 saturated carbocycles. The number of rotatable bonds is 38. The van der Waals surface area contributed by atoms with E-state index < -0.39 is 99.2 Å². The minimum atomic E-state index is -5.78. The van der Waals surface area contributed by atoms with Gasteiger partial charge in [0.25, 0.3) is 0 Å². The molecule has 0 aromatic rings. The highest BCUT2D eigenvalue weighted by molar-refractivity contribution is 7.80. The number of phosphoric ester groups is 4. The molecule has 374 valence electrons. The average molecular weight is 1010 g/mol. The Balaban J connectivity index is 2.97. The summed E-state index contributed by atoms with van der Waals surface area (Å²) in [7, 11) is -23.0. The van der Waals surface area contributed by atoms with Crippen molar-refractivity contribution in [3.8, 4) is 0 Å². The molecular formula is C36H72O22P4S. The van der Waals surface area contributed by atoms with Crippen LogP contribution in [0, 0.1) is 0 Å². The van der Waals surface area contributed by atoms with Crippen LogP contribution in [0.5, 0.6) is 0 Å². The number of carbonyl (C=O) groups excluding carboxylic acids is 2. The number of aliphatic hydroxyl groups excluding tert-OH is 2. The van der Waals surface area contributed by atoms with Gasteiger partial charge in [0.1, 0.15) is 43.2 Å². The monoisotopic (exact) mass is 1010 g/mol. The summed E-state index contributed by atoms with van der Waals surface area (Å²) in [4.78, 5) is 92.4. The highest BCUT2D eigenvalue weighted by Crippen LogP contribution is 2.53. The van der Waals surface area contributed by atoms with Crippen molar-refractivity contribution in [2.45, 2.75) is 197 Å². The molecule has 0 aliphatic heterocycles. The largest absolute Gasteiger partial charge is 0.472 e. The van der Waals surface area contributed by atoms with E-state index in [9.17, 15) is 72.3 Å². The van der Waals surface area contributed by atoms with Gasteiger partial charge in [-0.1, -0.05) is 122 Å². The minimum Gasteiger partial charge on any atom is -0.462 e. The van der Waals surface area contributed by atoms with Gasteiger partial charge in [-0.15, -0.1) is 0 Å². The number of phosphoric acid groups is 4. The molecular weight excluding hydrogens is 940 g/mol. The van der Waals surface area contributed by atoms with Gasteiger partial charge in [0.2, 0.25) is 0 Å². The first-order valence-corrected chi connectivity index (χ1v) is 28.4. The second-order valence-electron chi connectivity index (χ2n) is 15.6. The van der Waals surface area contributed by atoms with Crippen LogP contribution >= 0.6 is 43.9 Å². The predicted octanol–water partition coefficient (Wildman–Crippen LogP) is 6.03. The third-order valence-corrected chi connectivity index (χ3v) is 12.8. The standard InChI is InChI=1S/C36H72O22P4S/c1-2-3-4-5-6-7-8-9-10-11-15-18-21-24-30(38)54-28(26-52-29(37)23-20-17-14-12-13-16-19-22-25-63)27-53-62(50,51)58-33-31(39)34(55-59(41,42)43)36(57-61(47,48)49)35(32(33)40)56-60(44,45)46/h28,31-36,39-40,63H,2-27H2,1H3,(H,50,51)(H2,41,42,43)(H2,44,45,46)(H2,47,48,49)/t28-,31+,32?,33?,34+,35-,36?/m1/s1. The Bertz CT molecular complexity index is 1420. The molecule has 0 radical (unpaired) electrons. The molecule has 1 aliphatic rings. The van der Waals surface area contributed by atoms with Gasteiger partial charge >= 0.3 is 43.2 Å². The van der Waals surface area contributed by atoms with Crippen LogP contribution in [0.1, 0.15) is 155 Å². The smallest absolute Gasteiger partial charge is 0.462 e. The predicted molar refractivity (Wildman–Crippen MR) is 230 cm³/mol. The Hall–Kier alpha value is -0.350. The second kappa shape index (κ2) is 32.4. The molecule has 0 spiro atoms. The number of unbranched alkanes of at least 4 members (excludes halogenated alkanes) is 19. The van der Waals surface area contributed by atoms with Gasteiger partial charge in [-0.05, 0) is 25.0 Å². The summed E-state index contributed by atoms with van der Waals surface area (Å²) in [5.74, 6) is -0.564. The van der Waals surface area contributed by atoms with Crippen molar-refractivity contribution in [3.63, 3.8) is 0 Å². The van der Waals surface area contributed by atoms with Crippen LogP contribution in [-0.4, -0.2) is 118 Å². The Morgan fingerprint density at radius 2 is 0.857 bits per heavy atom. The van der Waals surface area contributed by atoms with Crippen LogP contribution in [0.3, 0.4) is 0 Å². The lowest BCUT2D eigenvalue weighted by molar-refractivity contribution is -0.209. The molecule has 0 heterocycles. The van der Waals surface area contributed by atoms with Gasteiger partial charge in [-0.3, -0.25) is 32.2 Å². The van der Waals surface area contributed by atoms with Crippen LogP contribution < -0.4 is 0 Å². The fraction of sp³-hybridized carbons (Fsp3) is 0.944. The summed E-state index contributed by atoms with van der Waals surface area (Å²) in [6.45, 7) is 0.542. The number of aliphatic hydroxyl groups is 2. The van der Waals surface area contributed by atoms with Gasteiger partial charge in [-0.25, -0.2) is 18.3 Å². The summed E-state index contributed by atoms with van der Waals surface area (Å²) < 4.78 is 81.8. The van der Waals surface area contributed by atoms with E-state index in [1.54, 1.807) is 0 Å². The number of hydrogen-bond donors (Lipinski definition) is 10. The summed E-state index contributed by atoms with van der Waals surface area (Å²) in [5.41, 5.74) is 0. The van der Waals surface area contributed by atoms with Gasteiger partial charge in [-0.2, -0.15) is 12.6 Å². The van der Waals surface area contributed by atoms with Gasteiger partial charge in [0.05, 0.1) is 6.61 Å². The molecule has 1 fully saturated rings. The van der Waals surface area contributed by atoms with Crippen molar-refractivity contribution in [2.24, 2.45) is 0 Å². The Morgan fingerprint density at radius 3 is 1.25 bits per heavy atom. The van der Waals surface area contributed by atoms with Crippen LogP contribution in [0.2, 0.25) is 0 Å². The molecule has 9 N–H and O–H groups in total. The van der Waals surface area contributed by atoms with Crippen molar-refractivity contribution >= 4 is 55.9 Å². The molecule has 27 heteroatoms. The number of hydrogen-bond acceptors (Lipinski definition) is 16. The first-order chi connectivity index (χ1) is 29.5. The highest BCUT2D eigenvalue weighted by atomic mass is 32.1. The lowest BCUT2D eigenvalue weighted by Crippen LogP contribution is -2.65. The number of thiol groups is 1. The molecule has 1 aliphatic carbocycles. The van der Waals surface area contributed by atoms with Crippen LogP contribution in [0.4, 0.5) is 0 Å². The average Bonchev–Trinajstić information content (AvgIpc) is 3.17. The minimum absolute atomic E-state index is 0.0294. The molecule has 4 unspecified atom stereocenters. The first kappa shape index (κ1) is 60.7. The summed E-state index contributed by atoms with van der Waals surface area (Å²) >= 11 is 4.20. The molecule has 0 amide bonds. The van der Waals surface area contributed by atoms with Crippen molar-refractivity contribution in [1.82, 2.24) is 0 Å². The maximum absolute atomic E-state index is 13.2. The molecule has 0 bridgehead atoms. The Morgan fingerprint density at radius 1 is 0.492 bits per heavy atom. The molecule has 8 atom stereocenters. The normalized spacial score (nSPS) is 22.4. The van der Waals surface area contributed by atoms with E-state index in [1.807, 2.05) is 0 Å². The number of ether oxygens (including phenoxy) is 2. The zero-order valence-electron chi connectivity index (χ0n) is 36.0. The summed E-state index contributed by atoms with van der Waals surface area (Å²) in [6.07, 6.45) is 3.52. The summed E-state index contributed by atoms with van der Waals surface area (Å²) in [5, 5.41) is 21.8. The molecule has 63 heavy (non-hydrogen) atoms. The fourth-order valence-corrected chi connectivity index (χ4v) is 9.70. The number of esters is 2. The van der Waals surface area contributed by atoms with E-state index in [-0.39, 0.29) is 12.8 Å². The van der Waals surface area contributed by atoms with Crippen LogP contribution in [-0.2, 0) is 59.9 Å². The lowest BCUT2D eigenvalue weighted by atomic mass is 9.85. The fourth-order valence-electron chi connectivity index (χ4n) is 6.83. The first-order valence-electron chi connectivity index (χ1n) is 21.7. The van der Waals surface area contributed by atoms with Gasteiger partial charge in [0, 0.05) is 12.8 Å². The highest BCUT2D eigenvalue weighted by Gasteiger charge is 2.59. The summed E-state index contributed by atoms with van der Waals surface area (Å²) in [6, 6.07) is 0. The number of carbonyl (C=O) groups is 2. The molecule has 1 rings (SSSR count). The van der Waals surface area contributed by atoms with Gasteiger partial charge < -0.3 is 53.9 Å². The molecule has 0 aromatic carbocycles. The molecule has 22 nitrogen and oxygen atoms in total. The third-order valence-electron chi connectivity index (χ3n) is 9.95. The van der Waals surface area contributed by atoms with Crippen LogP contribution in [0.15, 0.2) is 0 Å². The van der Waals surface area contributed by atoms with Crippen molar-refractivity contribution < 1.29 is 104 Å². The van der Waals surface area contributed by atoms with Crippen LogP contribution in [0.25, 0.3) is 0 Å². The zero-order valence-corrected chi connectivity index (χ0v) is 40.5. The van der Waals surface area contributed by atoms with Crippen molar-refractivity contribution in [1.29, 1.82) is 0 Å². The van der Waals surface area contributed by atoms with E-state index in [1.165, 1.54) is 44.9 Å². The molecule has 0 saturated heterocycles. The Kier molecular flexibility index (Phi) is 31.2. The maximum atomic E-state index is 13.2. The molecule has 0 aromatic heterocycles. The zero-order chi connectivity index (χ0) is 47.5. The van der Waals surface area contributed by atoms with E-state index in [0.717, 1.165) is 82.8 Å². The topological polar surface area (TPSA) is 349 Å². The quantitative estimate of drug-likeness (QED) is 0.0146. The van der Waals surface area contributed by atoms with Crippen molar-refractivity contribution in [2.75, 3.05) is 19.0 Å². The van der Waals surface area contributed by atoms with E-state index in [4.69, 9.17) is 18.5 Å². The lowest BCUT2D eigenvalue weighted by Gasteiger charge is -2.45. The van der Waals surface area contributed by atoms with E-state index in [2.05, 4.69) is 33.1 Å².